The van der Waals surface area contributed by atoms with Crippen LogP contribution in [-0.4, -0.2) is 41.7 Å². The molecule has 5 nitrogen and oxygen atoms in total. The third-order valence-corrected chi connectivity index (χ3v) is 4.57. The monoisotopic (exact) mass is 339 g/mol. The van der Waals surface area contributed by atoms with Crippen molar-refractivity contribution < 1.29 is 9.53 Å². The minimum Gasteiger partial charge on any atom is -0.375 e. The summed E-state index contributed by atoms with van der Waals surface area (Å²) in [6, 6.07) is 14.2. The molecule has 5 heteroatoms. The number of hydrogen-bond donors (Lipinski definition) is 1. The Morgan fingerprint density at radius 2 is 2.04 bits per heavy atom. The predicted molar refractivity (Wildman–Crippen MR) is 97.3 cm³/mol. The summed E-state index contributed by atoms with van der Waals surface area (Å²) in [6.45, 7) is 3.86. The summed E-state index contributed by atoms with van der Waals surface area (Å²) < 4.78 is 5.84. The van der Waals surface area contributed by atoms with E-state index in [0.29, 0.717) is 19.7 Å². The van der Waals surface area contributed by atoms with Crippen LogP contribution in [0.3, 0.4) is 0 Å². The fourth-order valence-electron chi connectivity index (χ4n) is 3.06. The molecule has 0 bridgehead atoms. The first-order valence-electron chi connectivity index (χ1n) is 8.83. The molecule has 1 aromatic carbocycles. The van der Waals surface area contributed by atoms with E-state index in [1.165, 1.54) is 5.56 Å². The number of hydrogen-bond acceptors (Lipinski definition) is 3. The van der Waals surface area contributed by atoms with Gasteiger partial charge in [0.1, 0.15) is 0 Å². The van der Waals surface area contributed by atoms with Crippen LogP contribution >= 0.6 is 0 Å². The zero-order valence-electron chi connectivity index (χ0n) is 14.6. The Morgan fingerprint density at radius 3 is 2.80 bits per heavy atom. The molecular formula is C20H25N3O2. The first-order valence-corrected chi connectivity index (χ1v) is 8.83. The topological polar surface area (TPSA) is 54.5 Å². The Labute approximate surface area is 149 Å². The molecule has 1 saturated heterocycles. The summed E-state index contributed by atoms with van der Waals surface area (Å²) in [7, 11) is 0. The average Bonchev–Trinajstić information content (AvgIpc) is 2.68. The van der Waals surface area contributed by atoms with Gasteiger partial charge < -0.3 is 15.0 Å². The highest BCUT2D eigenvalue weighted by Crippen LogP contribution is 2.15. The fraction of sp³-hybridized carbons (Fsp3) is 0.400. The molecule has 1 aromatic heterocycles. The van der Waals surface area contributed by atoms with Gasteiger partial charge >= 0.3 is 6.03 Å². The van der Waals surface area contributed by atoms with Gasteiger partial charge in [0.25, 0.3) is 0 Å². The first-order chi connectivity index (χ1) is 12.2. The van der Waals surface area contributed by atoms with Crippen LogP contribution in [0, 0.1) is 0 Å². The second-order valence-corrected chi connectivity index (χ2v) is 6.41. The number of carbonyl (C=O) groups is 1. The van der Waals surface area contributed by atoms with Crippen LogP contribution in [0.2, 0.25) is 0 Å². The van der Waals surface area contributed by atoms with E-state index in [1.807, 2.05) is 30.0 Å². The van der Waals surface area contributed by atoms with Gasteiger partial charge in [-0.15, -0.1) is 0 Å². The van der Waals surface area contributed by atoms with Crippen molar-refractivity contribution in [2.24, 2.45) is 0 Å². The fourth-order valence-corrected chi connectivity index (χ4v) is 3.06. The lowest BCUT2D eigenvalue weighted by Crippen LogP contribution is -2.50. The minimum absolute atomic E-state index is 0.0303. The highest BCUT2D eigenvalue weighted by atomic mass is 16.5. The summed E-state index contributed by atoms with van der Waals surface area (Å²) in [6.07, 6.45) is 5.47. The van der Waals surface area contributed by atoms with Crippen molar-refractivity contribution in [2.75, 3.05) is 19.7 Å². The van der Waals surface area contributed by atoms with E-state index in [1.54, 1.807) is 12.4 Å². The largest absolute Gasteiger partial charge is 0.375 e. The van der Waals surface area contributed by atoms with E-state index in [0.717, 1.165) is 18.4 Å². The highest BCUT2D eigenvalue weighted by molar-refractivity contribution is 5.74. The number of ether oxygens (including phenoxy) is 1. The molecule has 2 amide bonds. The van der Waals surface area contributed by atoms with Crippen LogP contribution in [0.25, 0.3) is 0 Å². The Kier molecular flexibility index (Phi) is 6.01. The molecule has 1 aliphatic heterocycles. The molecule has 0 saturated carbocycles. The van der Waals surface area contributed by atoms with Crippen molar-refractivity contribution in [3.63, 3.8) is 0 Å². The number of nitrogens with one attached hydrogen (secondary N) is 1. The molecule has 25 heavy (non-hydrogen) atoms. The number of aryl methyl sites for hydroxylation is 1. The first kappa shape index (κ1) is 17.4. The van der Waals surface area contributed by atoms with Crippen LogP contribution in [0.15, 0.2) is 54.9 Å². The van der Waals surface area contributed by atoms with Crippen molar-refractivity contribution in [2.45, 2.75) is 31.9 Å². The smallest absolute Gasteiger partial charge is 0.318 e. The average molecular weight is 339 g/mol. The van der Waals surface area contributed by atoms with Crippen molar-refractivity contribution in [3.8, 4) is 0 Å². The standard InChI is InChI=1S/C20H25N3O2/c1-16(18-9-11-21-12-10-18)22-20(24)23-13-14-25-19(15-23)8-7-17-5-3-2-4-6-17/h2-6,9-12,16,19H,7-8,13-15H2,1H3,(H,22,24)/t16-,19-/m0/s1. The molecule has 0 unspecified atom stereocenters. The third-order valence-electron chi connectivity index (χ3n) is 4.57. The molecule has 132 valence electrons. The molecule has 2 aromatic rings. The Bertz CT molecular complexity index is 663. The molecule has 3 rings (SSSR count). The zero-order valence-corrected chi connectivity index (χ0v) is 14.6. The zero-order chi connectivity index (χ0) is 17.5. The number of pyridine rings is 1. The lowest BCUT2D eigenvalue weighted by Gasteiger charge is -2.34. The summed E-state index contributed by atoms with van der Waals surface area (Å²) in [5.74, 6) is 0. The van der Waals surface area contributed by atoms with Crippen molar-refractivity contribution in [1.82, 2.24) is 15.2 Å². The van der Waals surface area contributed by atoms with Crippen molar-refractivity contribution in [1.29, 1.82) is 0 Å². The maximum atomic E-state index is 12.5. The lowest BCUT2D eigenvalue weighted by atomic mass is 10.1. The maximum Gasteiger partial charge on any atom is 0.318 e. The van der Waals surface area contributed by atoms with E-state index in [-0.39, 0.29) is 18.2 Å². The SMILES string of the molecule is C[C@H](NC(=O)N1CCO[C@@H](CCc2ccccc2)C1)c1ccncc1. The van der Waals surface area contributed by atoms with Gasteiger partial charge in [0.05, 0.1) is 18.8 Å². The van der Waals surface area contributed by atoms with Crippen LogP contribution in [0.1, 0.15) is 30.5 Å². The molecular weight excluding hydrogens is 314 g/mol. The Morgan fingerprint density at radius 1 is 1.28 bits per heavy atom. The van der Waals surface area contributed by atoms with E-state index < -0.39 is 0 Å². The summed E-state index contributed by atoms with van der Waals surface area (Å²) in [4.78, 5) is 18.4. The molecule has 2 heterocycles. The quantitative estimate of drug-likeness (QED) is 0.910. The number of rotatable bonds is 5. The van der Waals surface area contributed by atoms with E-state index in [2.05, 4.69) is 34.6 Å². The van der Waals surface area contributed by atoms with Gasteiger partial charge in [0, 0.05) is 25.5 Å². The van der Waals surface area contributed by atoms with Crippen molar-refractivity contribution in [3.05, 3.63) is 66.0 Å². The highest BCUT2D eigenvalue weighted by Gasteiger charge is 2.25. The molecule has 1 fully saturated rings. The summed E-state index contributed by atoms with van der Waals surface area (Å²) in [5.41, 5.74) is 2.36. The lowest BCUT2D eigenvalue weighted by molar-refractivity contribution is -0.0179. The number of carbonyl (C=O) groups excluding carboxylic acids is 1. The van der Waals surface area contributed by atoms with Gasteiger partial charge in [-0.3, -0.25) is 4.98 Å². The number of nitrogens with zero attached hydrogens (tertiary/aromatic N) is 2. The Balaban J connectivity index is 1.49. The number of benzene rings is 1. The number of urea groups is 1. The molecule has 0 radical (unpaired) electrons. The second-order valence-electron chi connectivity index (χ2n) is 6.41. The van der Waals surface area contributed by atoms with Crippen LogP contribution < -0.4 is 5.32 Å². The van der Waals surface area contributed by atoms with Crippen LogP contribution in [0.4, 0.5) is 4.79 Å². The van der Waals surface area contributed by atoms with E-state index in [9.17, 15) is 4.79 Å². The van der Waals surface area contributed by atoms with Gasteiger partial charge in [-0.1, -0.05) is 30.3 Å². The van der Waals surface area contributed by atoms with Crippen molar-refractivity contribution >= 4 is 6.03 Å². The van der Waals surface area contributed by atoms with Gasteiger partial charge in [0.2, 0.25) is 0 Å². The van der Waals surface area contributed by atoms with Gasteiger partial charge in [-0.05, 0) is 43.0 Å². The number of morpholine rings is 1. The Hall–Kier alpha value is -2.40. The predicted octanol–water partition coefficient (Wildman–Crippen LogP) is 3.19. The van der Waals surface area contributed by atoms with Gasteiger partial charge in [-0.2, -0.15) is 0 Å². The minimum atomic E-state index is -0.0406. The number of amides is 2. The second kappa shape index (κ2) is 8.62. The normalized spacial score (nSPS) is 18.6. The summed E-state index contributed by atoms with van der Waals surface area (Å²) >= 11 is 0. The van der Waals surface area contributed by atoms with E-state index >= 15 is 0 Å². The number of aromatic nitrogens is 1. The molecule has 1 aliphatic rings. The van der Waals surface area contributed by atoms with Gasteiger partial charge in [-0.25, -0.2) is 4.79 Å². The van der Waals surface area contributed by atoms with E-state index in [4.69, 9.17) is 4.74 Å². The maximum absolute atomic E-state index is 12.5. The third kappa shape index (κ3) is 5.03. The molecule has 1 N–H and O–H groups in total. The van der Waals surface area contributed by atoms with Crippen LogP contribution in [-0.2, 0) is 11.2 Å². The van der Waals surface area contributed by atoms with Gasteiger partial charge in [0.15, 0.2) is 0 Å². The van der Waals surface area contributed by atoms with Crippen LogP contribution in [0.5, 0.6) is 0 Å². The summed E-state index contributed by atoms with van der Waals surface area (Å²) in [5, 5.41) is 3.06. The molecule has 0 aliphatic carbocycles. The molecule has 0 spiro atoms. The molecule has 2 atom stereocenters.